The number of hydrogen-bond acceptors (Lipinski definition) is 5. The van der Waals surface area contributed by atoms with Crippen molar-refractivity contribution in [2.75, 3.05) is 0 Å². The van der Waals surface area contributed by atoms with Gasteiger partial charge in [0.1, 0.15) is 12.2 Å². The van der Waals surface area contributed by atoms with Gasteiger partial charge in [0.2, 0.25) is 0 Å². The highest BCUT2D eigenvalue weighted by molar-refractivity contribution is 5.73. The van der Waals surface area contributed by atoms with Crippen LogP contribution >= 0.6 is 0 Å². The summed E-state index contributed by atoms with van der Waals surface area (Å²) in [4.78, 5) is 24.8. The number of hydrogen-bond donors (Lipinski definition) is 0. The minimum absolute atomic E-state index is 0.00259. The Labute approximate surface area is 155 Å². The van der Waals surface area contributed by atoms with Gasteiger partial charge in [0.15, 0.2) is 0 Å². The molecule has 0 aromatic heterocycles. The Balaban J connectivity index is 1.03. The van der Waals surface area contributed by atoms with Gasteiger partial charge in [-0.1, -0.05) is 0 Å². The Morgan fingerprint density at radius 3 is 1.85 bits per heavy atom. The van der Waals surface area contributed by atoms with E-state index in [1.54, 1.807) is 0 Å². The van der Waals surface area contributed by atoms with Crippen LogP contribution in [0.1, 0.15) is 70.6 Å². The van der Waals surface area contributed by atoms with Crippen molar-refractivity contribution in [3.05, 3.63) is 0 Å². The maximum Gasteiger partial charge on any atom is 0.309 e. The molecule has 1 aliphatic heterocycles. The molecule has 5 heteroatoms. The molecule has 0 aromatic rings. The second kappa shape index (κ2) is 6.81. The maximum atomic E-state index is 12.4. The fraction of sp³-hybridized carbons (Fsp3) is 0.905. The molecule has 0 bridgehead atoms. The van der Waals surface area contributed by atoms with Crippen molar-refractivity contribution < 1.29 is 23.8 Å². The molecule has 0 spiro atoms. The molecule has 6 unspecified atom stereocenters. The van der Waals surface area contributed by atoms with Gasteiger partial charge in [-0.05, 0) is 82.5 Å². The molecule has 0 amide bonds. The summed E-state index contributed by atoms with van der Waals surface area (Å²) in [6.45, 7) is 0. The molecule has 5 rings (SSSR count). The van der Waals surface area contributed by atoms with E-state index in [9.17, 15) is 9.59 Å². The first-order chi connectivity index (χ1) is 12.7. The Kier molecular flexibility index (Phi) is 4.46. The van der Waals surface area contributed by atoms with Crippen LogP contribution in [0.5, 0.6) is 0 Å². The van der Waals surface area contributed by atoms with Crippen molar-refractivity contribution in [3.8, 4) is 0 Å². The summed E-state index contributed by atoms with van der Waals surface area (Å²) in [6.07, 6.45) is 11.3. The monoisotopic (exact) mass is 362 g/mol. The fourth-order valence-electron chi connectivity index (χ4n) is 5.47. The lowest BCUT2D eigenvalue weighted by molar-refractivity contribution is -0.164. The summed E-state index contributed by atoms with van der Waals surface area (Å²) in [5.41, 5.74) is 0. The Morgan fingerprint density at radius 1 is 0.615 bits per heavy atom. The number of epoxide rings is 1. The number of carbonyl (C=O) groups is 2. The maximum absolute atomic E-state index is 12.4. The lowest BCUT2D eigenvalue weighted by atomic mass is 9.88. The number of rotatable bonds is 4. The standard InChI is InChI=1S/C21H30O5/c22-20(13-2-1-12-9-15(12)10-13)24-16-4-6-17(7-5-16)25-21(23)14-3-8-18-19(11-14)26-18/h12-19H,1-11H2. The number of ether oxygens (including phenoxy) is 3. The second-order valence-electron chi connectivity index (χ2n) is 9.26. The first-order valence-electron chi connectivity index (χ1n) is 10.7. The van der Waals surface area contributed by atoms with E-state index in [2.05, 4.69) is 0 Å². The summed E-state index contributed by atoms with van der Waals surface area (Å²) >= 11 is 0. The van der Waals surface area contributed by atoms with Crippen molar-refractivity contribution in [2.45, 2.75) is 95.0 Å². The van der Waals surface area contributed by atoms with Gasteiger partial charge in [-0.3, -0.25) is 9.59 Å². The largest absolute Gasteiger partial charge is 0.462 e. The molecule has 4 aliphatic carbocycles. The summed E-state index contributed by atoms with van der Waals surface area (Å²) in [5.74, 6) is 1.84. The molecular weight excluding hydrogens is 332 g/mol. The van der Waals surface area contributed by atoms with Gasteiger partial charge in [-0.25, -0.2) is 0 Å². The minimum Gasteiger partial charge on any atom is -0.462 e. The van der Waals surface area contributed by atoms with Crippen LogP contribution in [0, 0.1) is 23.7 Å². The Bertz CT molecular complexity index is 517. The molecule has 1 heterocycles. The quantitative estimate of drug-likeness (QED) is 0.566. The van der Waals surface area contributed by atoms with E-state index >= 15 is 0 Å². The number of esters is 2. The van der Waals surface area contributed by atoms with E-state index in [0.29, 0.717) is 12.2 Å². The smallest absolute Gasteiger partial charge is 0.309 e. The molecule has 0 aromatic carbocycles. The molecule has 5 aliphatic rings. The lowest BCUT2D eigenvalue weighted by Crippen LogP contribution is -2.34. The SMILES string of the molecule is O=C(OC1CCC(OC(=O)C2CCC3OC3C2)CC1)C1CCC2CC2C1. The van der Waals surface area contributed by atoms with Crippen LogP contribution in [0.15, 0.2) is 0 Å². The zero-order chi connectivity index (χ0) is 17.7. The van der Waals surface area contributed by atoms with Gasteiger partial charge in [-0.15, -0.1) is 0 Å². The van der Waals surface area contributed by atoms with Crippen LogP contribution in [-0.2, 0) is 23.8 Å². The number of fused-ring (bicyclic) bond motifs is 2. The van der Waals surface area contributed by atoms with Crippen LogP contribution < -0.4 is 0 Å². The van der Waals surface area contributed by atoms with E-state index in [1.807, 2.05) is 0 Å². The van der Waals surface area contributed by atoms with Crippen LogP contribution in [0.3, 0.4) is 0 Å². The van der Waals surface area contributed by atoms with Gasteiger partial charge in [0, 0.05) is 0 Å². The van der Waals surface area contributed by atoms with Crippen molar-refractivity contribution in [1.29, 1.82) is 0 Å². The summed E-state index contributed by atoms with van der Waals surface area (Å²) in [5, 5.41) is 0. The second-order valence-corrected chi connectivity index (χ2v) is 9.26. The predicted molar refractivity (Wildman–Crippen MR) is 93.2 cm³/mol. The summed E-state index contributed by atoms with van der Waals surface area (Å²) < 4.78 is 17.0. The van der Waals surface area contributed by atoms with Gasteiger partial charge in [0.05, 0.1) is 24.0 Å². The molecule has 5 fully saturated rings. The average Bonchev–Trinajstić information content (AvgIpc) is 3.55. The molecule has 5 nitrogen and oxygen atoms in total. The molecule has 1 saturated heterocycles. The topological polar surface area (TPSA) is 65.1 Å². The van der Waals surface area contributed by atoms with Crippen molar-refractivity contribution in [3.63, 3.8) is 0 Å². The van der Waals surface area contributed by atoms with Crippen LogP contribution in [0.2, 0.25) is 0 Å². The molecule has 0 radical (unpaired) electrons. The highest BCUT2D eigenvalue weighted by Gasteiger charge is 2.47. The first kappa shape index (κ1) is 17.0. The first-order valence-corrected chi connectivity index (χ1v) is 10.7. The van der Waals surface area contributed by atoms with E-state index in [0.717, 1.165) is 69.6 Å². The Hall–Kier alpha value is -1.10. The molecular formula is C21H30O5. The third-order valence-electron chi connectivity index (χ3n) is 7.40. The van der Waals surface area contributed by atoms with E-state index in [1.165, 1.54) is 12.8 Å². The zero-order valence-corrected chi connectivity index (χ0v) is 15.4. The van der Waals surface area contributed by atoms with Crippen LogP contribution in [0.4, 0.5) is 0 Å². The molecule has 144 valence electrons. The highest BCUT2D eigenvalue weighted by Crippen LogP contribution is 2.51. The highest BCUT2D eigenvalue weighted by atomic mass is 16.6. The van der Waals surface area contributed by atoms with E-state index < -0.39 is 0 Å². The molecule has 6 atom stereocenters. The van der Waals surface area contributed by atoms with Gasteiger partial charge in [0.25, 0.3) is 0 Å². The third-order valence-corrected chi connectivity index (χ3v) is 7.40. The molecule has 26 heavy (non-hydrogen) atoms. The van der Waals surface area contributed by atoms with E-state index in [-0.39, 0.29) is 36.0 Å². The molecule has 4 saturated carbocycles. The Morgan fingerprint density at radius 2 is 1.23 bits per heavy atom. The van der Waals surface area contributed by atoms with E-state index in [4.69, 9.17) is 14.2 Å². The third kappa shape index (κ3) is 3.64. The van der Waals surface area contributed by atoms with Gasteiger partial charge >= 0.3 is 11.9 Å². The summed E-state index contributed by atoms with van der Waals surface area (Å²) in [7, 11) is 0. The summed E-state index contributed by atoms with van der Waals surface area (Å²) in [6, 6.07) is 0. The minimum atomic E-state index is -0.0411. The van der Waals surface area contributed by atoms with Crippen LogP contribution in [0.25, 0.3) is 0 Å². The van der Waals surface area contributed by atoms with Gasteiger partial charge in [-0.2, -0.15) is 0 Å². The molecule has 0 N–H and O–H groups in total. The predicted octanol–water partition coefficient (Wildman–Crippen LogP) is 3.39. The van der Waals surface area contributed by atoms with Gasteiger partial charge < -0.3 is 14.2 Å². The number of carbonyl (C=O) groups excluding carboxylic acids is 2. The van der Waals surface area contributed by atoms with Crippen molar-refractivity contribution in [2.24, 2.45) is 23.7 Å². The fourth-order valence-corrected chi connectivity index (χ4v) is 5.47. The normalized spacial score (nSPS) is 46.5. The average molecular weight is 362 g/mol. The lowest BCUT2D eigenvalue weighted by Gasteiger charge is -2.31. The van der Waals surface area contributed by atoms with Crippen LogP contribution in [-0.4, -0.2) is 36.4 Å². The van der Waals surface area contributed by atoms with Crippen molar-refractivity contribution in [1.82, 2.24) is 0 Å². The van der Waals surface area contributed by atoms with Crippen molar-refractivity contribution >= 4 is 11.9 Å². The zero-order valence-electron chi connectivity index (χ0n) is 15.4.